The number of rotatable bonds is 0. The van der Waals surface area contributed by atoms with Gasteiger partial charge in [0.25, 0.3) is 0 Å². The molecule has 4 nitrogen and oxygen atoms in total. The summed E-state index contributed by atoms with van der Waals surface area (Å²) in [5, 5.41) is 5.82. The van der Waals surface area contributed by atoms with Crippen LogP contribution in [0.4, 0.5) is 0 Å². The van der Waals surface area contributed by atoms with Gasteiger partial charge in [0, 0.05) is 25.4 Å². The average Bonchev–Trinajstić information content (AvgIpc) is 2.23. The van der Waals surface area contributed by atoms with Crippen LogP contribution in [0.3, 0.4) is 0 Å². The van der Waals surface area contributed by atoms with E-state index in [-0.39, 0.29) is 17.9 Å². The summed E-state index contributed by atoms with van der Waals surface area (Å²) < 4.78 is 0. The van der Waals surface area contributed by atoms with Crippen molar-refractivity contribution >= 4 is 11.8 Å². The molecule has 16 heavy (non-hydrogen) atoms. The normalized spacial score (nSPS) is 25.7. The van der Waals surface area contributed by atoms with E-state index in [9.17, 15) is 9.59 Å². The molecule has 1 atom stereocenters. The third-order valence-electron chi connectivity index (χ3n) is 2.86. The predicted molar refractivity (Wildman–Crippen MR) is 62.9 cm³/mol. The molecule has 0 aromatic carbocycles. The molecule has 1 aliphatic heterocycles. The molecule has 1 rings (SSSR count). The van der Waals surface area contributed by atoms with Crippen molar-refractivity contribution in [2.75, 3.05) is 6.54 Å². The Balaban J connectivity index is 2.37. The lowest BCUT2D eigenvalue weighted by atomic mass is 10.1. The van der Waals surface area contributed by atoms with Gasteiger partial charge in [-0.05, 0) is 26.2 Å². The molecule has 0 saturated carbocycles. The maximum absolute atomic E-state index is 11.5. The van der Waals surface area contributed by atoms with Gasteiger partial charge in [-0.2, -0.15) is 0 Å². The van der Waals surface area contributed by atoms with Gasteiger partial charge in [0.05, 0.1) is 0 Å². The molecule has 0 aromatic rings. The lowest BCUT2D eigenvalue weighted by molar-refractivity contribution is -0.122. The maximum atomic E-state index is 11.5. The van der Waals surface area contributed by atoms with Gasteiger partial charge in [-0.3, -0.25) is 9.59 Å². The van der Waals surface area contributed by atoms with Gasteiger partial charge in [-0.25, -0.2) is 0 Å². The van der Waals surface area contributed by atoms with E-state index >= 15 is 0 Å². The van der Waals surface area contributed by atoms with Crippen LogP contribution in [0.5, 0.6) is 0 Å². The summed E-state index contributed by atoms with van der Waals surface area (Å²) >= 11 is 0. The van der Waals surface area contributed by atoms with Gasteiger partial charge in [-0.1, -0.05) is 12.8 Å². The molecule has 1 saturated heterocycles. The van der Waals surface area contributed by atoms with E-state index in [4.69, 9.17) is 0 Å². The fraction of sp³-hybridized carbons (Fsp3) is 0.833. The Bertz CT molecular complexity index is 241. The minimum atomic E-state index is 0.137. The summed E-state index contributed by atoms with van der Waals surface area (Å²) in [6.45, 7) is 2.63. The van der Waals surface area contributed by atoms with E-state index in [0.717, 1.165) is 32.1 Å². The monoisotopic (exact) mass is 226 g/mol. The first-order chi connectivity index (χ1) is 7.68. The van der Waals surface area contributed by atoms with Crippen LogP contribution in [0.15, 0.2) is 0 Å². The fourth-order valence-corrected chi connectivity index (χ4v) is 1.86. The zero-order valence-electron chi connectivity index (χ0n) is 10.1. The van der Waals surface area contributed by atoms with Crippen LogP contribution in [-0.4, -0.2) is 24.4 Å². The zero-order chi connectivity index (χ0) is 11.8. The van der Waals surface area contributed by atoms with Crippen molar-refractivity contribution in [3.05, 3.63) is 0 Å². The molecular formula is C12H22N2O2. The van der Waals surface area contributed by atoms with Crippen molar-refractivity contribution in [1.82, 2.24) is 10.6 Å². The van der Waals surface area contributed by atoms with Crippen molar-refractivity contribution in [3.8, 4) is 0 Å². The van der Waals surface area contributed by atoms with Crippen LogP contribution in [0.2, 0.25) is 0 Å². The lowest BCUT2D eigenvalue weighted by Gasteiger charge is -2.13. The molecule has 1 heterocycles. The minimum absolute atomic E-state index is 0.137. The Morgan fingerprint density at radius 2 is 1.62 bits per heavy atom. The van der Waals surface area contributed by atoms with Gasteiger partial charge in [0.2, 0.25) is 11.8 Å². The minimum Gasteiger partial charge on any atom is -0.356 e. The molecule has 0 spiro atoms. The van der Waals surface area contributed by atoms with Gasteiger partial charge in [-0.15, -0.1) is 0 Å². The molecule has 2 amide bonds. The second-order valence-corrected chi connectivity index (χ2v) is 4.52. The highest BCUT2D eigenvalue weighted by Crippen LogP contribution is 2.06. The first-order valence-electron chi connectivity index (χ1n) is 6.24. The highest BCUT2D eigenvalue weighted by molar-refractivity contribution is 5.76. The number of carbonyl (C=O) groups excluding carboxylic acids is 2. The Labute approximate surface area is 97.2 Å². The Morgan fingerprint density at radius 3 is 2.31 bits per heavy atom. The summed E-state index contributed by atoms with van der Waals surface area (Å²) in [5.74, 6) is 0.274. The van der Waals surface area contributed by atoms with Crippen LogP contribution in [0.25, 0.3) is 0 Å². The molecule has 4 heteroatoms. The Hall–Kier alpha value is -1.06. The van der Waals surface area contributed by atoms with Gasteiger partial charge >= 0.3 is 0 Å². The van der Waals surface area contributed by atoms with E-state index in [1.165, 1.54) is 0 Å². The fourth-order valence-electron chi connectivity index (χ4n) is 1.86. The third-order valence-corrected chi connectivity index (χ3v) is 2.86. The van der Waals surface area contributed by atoms with E-state index in [1.807, 2.05) is 6.92 Å². The molecule has 1 fully saturated rings. The van der Waals surface area contributed by atoms with E-state index in [2.05, 4.69) is 10.6 Å². The Kier molecular flexibility index (Phi) is 5.90. The average molecular weight is 226 g/mol. The van der Waals surface area contributed by atoms with Crippen molar-refractivity contribution in [1.29, 1.82) is 0 Å². The molecule has 0 aliphatic carbocycles. The molecule has 0 radical (unpaired) electrons. The quantitative estimate of drug-likeness (QED) is 0.655. The number of nitrogens with one attached hydrogen (secondary N) is 2. The molecule has 0 aromatic heterocycles. The molecule has 92 valence electrons. The van der Waals surface area contributed by atoms with Crippen LogP contribution in [0.1, 0.15) is 51.9 Å². The molecular weight excluding hydrogens is 204 g/mol. The van der Waals surface area contributed by atoms with Gasteiger partial charge in [0.15, 0.2) is 0 Å². The summed E-state index contributed by atoms with van der Waals surface area (Å²) in [5.41, 5.74) is 0. The number of amides is 2. The second-order valence-electron chi connectivity index (χ2n) is 4.52. The lowest BCUT2D eigenvalue weighted by Crippen LogP contribution is -2.35. The summed E-state index contributed by atoms with van der Waals surface area (Å²) in [6, 6.07) is 0.147. The van der Waals surface area contributed by atoms with Crippen LogP contribution in [-0.2, 0) is 9.59 Å². The van der Waals surface area contributed by atoms with Crippen molar-refractivity contribution < 1.29 is 9.59 Å². The number of carbonyl (C=O) groups is 2. The first kappa shape index (κ1) is 13.0. The molecule has 0 bridgehead atoms. The SMILES string of the molecule is CC1CCNC(=O)CCCCCCC(=O)N1. The van der Waals surface area contributed by atoms with Gasteiger partial charge in [0.1, 0.15) is 0 Å². The summed E-state index contributed by atoms with van der Waals surface area (Å²) in [4.78, 5) is 22.8. The number of hydrogen-bond acceptors (Lipinski definition) is 2. The van der Waals surface area contributed by atoms with E-state index in [0.29, 0.717) is 19.4 Å². The van der Waals surface area contributed by atoms with E-state index in [1.54, 1.807) is 0 Å². The van der Waals surface area contributed by atoms with Crippen LogP contribution >= 0.6 is 0 Å². The zero-order valence-corrected chi connectivity index (χ0v) is 10.1. The highest BCUT2D eigenvalue weighted by atomic mass is 16.2. The Morgan fingerprint density at radius 1 is 1.00 bits per heavy atom. The third kappa shape index (κ3) is 5.73. The first-order valence-corrected chi connectivity index (χ1v) is 6.24. The maximum Gasteiger partial charge on any atom is 0.220 e. The largest absolute Gasteiger partial charge is 0.356 e. The molecule has 2 N–H and O–H groups in total. The van der Waals surface area contributed by atoms with Crippen LogP contribution < -0.4 is 10.6 Å². The second kappa shape index (κ2) is 7.25. The number of hydrogen-bond donors (Lipinski definition) is 2. The topological polar surface area (TPSA) is 58.2 Å². The van der Waals surface area contributed by atoms with Crippen molar-refractivity contribution in [2.45, 2.75) is 57.9 Å². The van der Waals surface area contributed by atoms with Crippen LogP contribution in [0, 0.1) is 0 Å². The van der Waals surface area contributed by atoms with Gasteiger partial charge < -0.3 is 10.6 Å². The van der Waals surface area contributed by atoms with Crippen molar-refractivity contribution in [3.63, 3.8) is 0 Å². The predicted octanol–water partition coefficient (Wildman–Crippen LogP) is 1.35. The molecule has 1 unspecified atom stereocenters. The summed E-state index contributed by atoms with van der Waals surface area (Å²) in [6.07, 6.45) is 5.98. The highest BCUT2D eigenvalue weighted by Gasteiger charge is 2.09. The standard InChI is InChI=1S/C12H22N2O2/c1-10-8-9-13-11(15)6-4-2-3-5-7-12(16)14-10/h10H,2-9H2,1H3,(H,13,15)(H,14,16). The summed E-state index contributed by atoms with van der Waals surface area (Å²) in [7, 11) is 0. The van der Waals surface area contributed by atoms with E-state index < -0.39 is 0 Å². The van der Waals surface area contributed by atoms with Crippen molar-refractivity contribution in [2.24, 2.45) is 0 Å². The molecule has 1 aliphatic rings. The smallest absolute Gasteiger partial charge is 0.220 e.